The third-order valence-electron chi connectivity index (χ3n) is 5.30. The van der Waals surface area contributed by atoms with Crippen molar-refractivity contribution in [3.8, 4) is 0 Å². The summed E-state index contributed by atoms with van der Waals surface area (Å²) >= 11 is 5.21. The Balaban J connectivity index is 2.00. The van der Waals surface area contributed by atoms with Gasteiger partial charge in [-0.15, -0.1) is 0 Å². The van der Waals surface area contributed by atoms with Gasteiger partial charge in [0.1, 0.15) is 0 Å². The first-order chi connectivity index (χ1) is 9.42. The summed E-state index contributed by atoms with van der Waals surface area (Å²) < 4.78 is 0. The lowest BCUT2D eigenvalue weighted by atomic mass is 9.80. The molecule has 0 radical (unpaired) electrons. The van der Waals surface area contributed by atoms with Gasteiger partial charge in [0.2, 0.25) is 5.91 Å². The lowest BCUT2D eigenvalue weighted by molar-refractivity contribution is -0.128. The van der Waals surface area contributed by atoms with E-state index in [9.17, 15) is 4.79 Å². The monoisotopic (exact) mass is 296 g/mol. The fraction of sp³-hybridized carbons (Fsp3) is 0.875. The maximum atomic E-state index is 12.6. The Kier molecular flexibility index (Phi) is 5.05. The first-order valence-corrected chi connectivity index (χ1v) is 8.42. The van der Waals surface area contributed by atoms with Gasteiger partial charge in [0.25, 0.3) is 0 Å². The number of thiocarbonyl (C=S) groups is 1. The molecular weight excluding hydrogens is 268 g/mol. The summed E-state index contributed by atoms with van der Waals surface area (Å²) in [5.74, 6) is 0.716. The number of carbonyl (C=O) groups is 1. The summed E-state index contributed by atoms with van der Waals surface area (Å²) in [5, 5.41) is 3.18. The zero-order chi connectivity index (χ0) is 14.8. The second-order valence-corrected chi connectivity index (χ2v) is 7.69. The molecule has 3 nitrogen and oxygen atoms in total. The SMILES string of the molecule is CC1(C)CCCC1C(=O)NC(C(N)=S)C1CCCCC1. The number of amides is 1. The Hall–Kier alpha value is -0.640. The van der Waals surface area contributed by atoms with Crippen molar-refractivity contribution in [3.05, 3.63) is 0 Å². The highest BCUT2D eigenvalue weighted by Gasteiger charge is 2.40. The number of hydrogen-bond donors (Lipinski definition) is 2. The van der Waals surface area contributed by atoms with Crippen LogP contribution in [-0.4, -0.2) is 16.9 Å². The number of rotatable bonds is 4. The van der Waals surface area contributed by atoms with Gasteiger partial charge in [0, 0.05) is 5.92 Å². The van der Waals surface area contributed by atoms with Gasteiger partial charge in [-0.1, -0.05) is 51.7 Å². The molecular formula is C16H28N2OS. The topological polar surface area (TPSA) is 55.1 Å². The van der Waals surface area contributed by atoms with Gasteiger partial charge in [-0.05, 0) is 37.0 Å². The molecule has 0 bridgehead atoms. The minimum atomic E-state index is -0.103. The Bertz CT molecular complexity index is 375. The molecule has 0 aromatic carbocycles. The van der Waals surface area contributed by atoms with E-state index in [-0.39, 0.29) is 23.3 Å². The normalized spacial score (nSPS) is 28.0. The first-order valence-electron chi connectivity index (χ1n) is 8.01. The number of nitrogens with two attached hydrogens (primary N) is 1. The Labute approximate surface area is 128 Å². The van der Waals surface area contributed by atoms with Crippen LogP contribution in [0.5, 0.6) is 0 Å². The molecule has 2 rings (SSSR count). The fourth-order valence-electron chi connectivity index (χ4n) is 3.96. The lowest BCUT2D eigenvalue weighted by Gasteiger charge is -2.33. The smallest absolute Gasteiger partial charge is 0.224 e. The average molecular weight is 296 g/mol. The van der Waals surface area contributed by atoms with E-state index in [1.807, 2.05) is 0 Å². The summed E-state index contributed by atoms with van der Waals surface area (Å²) in [6, 6.07) is -0.103. The second-order valence-electron chi connectivity index (χ2n) is 7.22. The molecule has 2 fully saturated rings. The standard InChI is InChI=1S/C16H28N2OS/c1-16(2)10-6-9-12(16)15(19)18-13(14(17)20)11-7-4-3-5-8-11/h11-13H,3-10H2,1-2H3,(H2,17,20)(H,18,19). The molecule has 0 heterocycles. The summed E-state index contributed by atoms with van der Waals surface area (Å²) in [7, 11) is 0. The Morgan fingerprint density at radius 3 is 2.35 bits per heavy atom. The quantitative estimate of drug-likeness (QED) is 0.784. The van der Waals surface area contributed by atoms with Crippen molar-refractivity contribution in [1.82, 2.24) is 5.32 Å². The van der Waals surface area contributed by atoms with Crippen molar-refractivity contribution >= 4 is 23.1 Å². The van der Waals surface area contributed by atoms with Crippen LogP contribution < -0.4 is 11.1 Å². The molecule has 114 valence electrons. The molecule has 3 N–H and O–H groups in total. The van der Waals surface area contributed by atoms with Crippen molar-refractivity contribution in [1.29, 1.82) is 0 Å². The van der Waals surface area contributed by atoms with E-state index in [4.69, 9.17) is 18.0 Å². The van der Waals surface area contributed by atoms with Crippen LogP contribution in [0, 0.1) is 17.3 Å². The van der Waals surface area contributed by atoms with Gasteiger partial charge in [0.15, 0.2) is 0 Å². The van der Waals surface area contributed by atoms with Gasteiger partial charge in [-0.3, -0.25) is 4.79 Å². The highest BCUT2D eigenvalue weighted by Crippen LogP contribution is 2.42. The zero-order valence-electron chi connectivity index (χ0n) is 12.8. The minimum absolute atomic E-state index is 0.103. The maximum Gasteiger partial charge on any atom is 0.224 e. The molecule has 0 aromatic rings. The van der Waals surface area contributed by atoms with Crippen LogP contribution in [0.1, 0.15) is 65.2 Å². The molecule has 4 heteroatoms. The molecule has 2 saturated carbocycles. The number of carbonyl (C=O) groups excluding carboxylic acids is 1. The van der Waals surface area contributed by atoms with Crippen LogP contribution in [0.25, 0.3) is 0 Å². The van der Waals surface area contributed by atoms with Crippen LogP contribution >= 0.6 is 12.2 Å². The van der Waals surface area contributed by atoms with Gasteiger partial charge >= 0.3 is 0 Å². The van der Waals surface area contributed by atoms with Crippen molar-refractivity contribution in [2.24, 2.45) is 23.0 Å². The molecule has 0 aromatic heterocycles. The van der Waals surface area contributed by atoms with E-state index in [1.54, 1.807) is 0 Å². The van der Waals surface area contributed by atoms with Crippen LogP contribution in [0.2, 0.25) is 0 Å². The largest absolute Gasteiger partial charge is 0.392 e. The van der Waals surface area contributed by atoms with E-state index in [2.05, 4.69) is 19.2 Å². The van der Waals surface area contributed by atoms with Crippen molar-refractivity contribution in [2.45, 2.75) is 71.3 Å². The lowest BCUT2D eigenvalue weighted by Crippen LogP contribution is -2.51. The van der Waals surface area contributed by atoms with Crippen LogP contribution in [0.15, 0.2) is 0 Å². The van der Waals surface area contributed by atoms with E-state index in [1.165, 1.54) is 19.3 Å². The van der Waals surface area contributed by atoms with E-state index >= 15 is 0 Å². The molecule has 2 aliphatic carbocycles. The predicted octanol–water partition coefficient (Wildman–Crippen LogP) is 3.16. The summed E-state index contributed by atoms with van der Waals surface area (Å²) in [6.07, 6.45) is 9.30. The zero-order valence-corrected chi connectivity index (χ0v) is 13.6. The molecule has 1 amide bonds. The van der Waals surface area contributed by atoms with Crippen LogP contribution in [0.4, 0.5) is 0 Å². The Morgan fingerprint density at radius 2 is 1.85 bits per heavy atom. The van der Waals surface area contributed by atoms with Gasteiger partial charge in [-0.25, -0.2) is 0 Å². The fourth-order valence-corrected chi connectivity index (χ4v) is 4.21. The van der Waals surface area contributed by atoms with Crippen molar-refractivity contribution in [3.63, 3.8) is 0 Å². The predicted molar refractivity (Wildman–Crippen MR) is 86.4 cm³/mol. The van der Waals surface area contributed by atoms with Crippen molar-refractivity contribution in [2.75, 3.05) is 0 Å². The third-order valence-corrected chi connectivity index (χ3v) is 5.55. The van der Waals surface area contributed by atoms with E-state index < -0.39 is 0 Å². The van der Waals surface area contributed by atoms with E-state index in [0.717, 1.165) is 32.1 Å². The van der Waals surface area contributed by atoms with Gasteiger partial charge in [-0.2, -0.15) is 0 Å². The highest BCUT2D eigenvalue weighted by molar-refractivity contribution is 7.80. The molecule has 0 aliphatic heterocycles. The van der Waals surface area contributed by atoms with E-state index in [0.29, 0.717) is 10.9 Å². The maximum absolute atomic E-state index is 12.6. The second kappa shape index (κ2) is 6.42. The highest BCUT2D eigenvalue weighted by atomic mass is 32.1. The molecule has 2 atom stereocenters. The molecule has 2 unspecified atom stereocenters. The minimum Gasteiger partial charge on any atom is -0.392 e. The third kappa shape index (κ3) is 3.51. The molecule has 0 saturated heterocycles. The van der Waals surface area contributed by atoms with Crippen LogP contribution in [-0.2, 0) is 4.79 Å². The summed E-state index contributed by atoms with van der Waals surface area (Å²) in [5.41, 5.74) is 6.01. The van der Waals surface area contributed by atoms with Crippen LogP contribution in [0.3, 0.4) is 0 Å². The first kappa shape index (κ1) is 15.7. The average Bonchev–Trinajstić information content (AvgIpc) is 2.76. The van der Waals surface area contributed by atoms with Gasteiger partial charge in [0.05, 0.1) is 11.0 Å². The van der Waals surface area contributed by atoms with Gasteiger partial charge < -0.3 is 11.1 Å². The van der Waals surface area contributed by atoms with Crippen molar-refractivity contribution < 1.29 is 4.79 Å². The Morgan fingerprint density at radius 1 is 1.20 bits per heavy atom. The molecule has 2 aliphatic rings. The number of nitrogens with one attached hydrogen (secondary N) is 1. The molecule has 0 spiro atoms. The number of hydrogen-bond acceptors (Lipinski definition) is 2. The summed E-state index contributed by atoms with van der Waals surface area (Å²) in [6.45, 7) is 4.39. The summed E-state index contributed by atoms with van der Waals surface area (Å²) in [4.78, 5) is 13.1. The molecule has 20 heavy (non-hydrogen) atoms.